The van der Waals surface area contributed by atoms with Gasteiger partial charge in [-0.2, -0.15) is 0 Å². The fraction of sp³-hybridized carbons (Fsp3) is 0. The quantitative estimate of drug-likeness (QED) is 0.826. The lowest BCUT2D eigenvalue weighted by atomic mass is 10.2. The van der Waals surface area contributed by atoms with Crippen LogP contribution in [0.15, 0.2) is 22.7 Å². The van der Waals surface area contributed by atoms with Crippen LogP contribution in [0.4, 0.5) is 4.39 Å². The van der Waals surface area contributed by atoms with Crippen LogP contribution in [0.3, 0.4) is 0 Å². The van der Waals surface area contributed by atoms with Crippen molar-refractivity contribution >= 4 is 32.8 Å². The summed E-state index contributed by atoms with van der Waals surface area (Å²) in [6, 6.07) is 4.07. The second-order valence-electron chi connectivity index (χ2n) is 2.81. The molecule has 3 nitrogen and oxygen atoms in total. The predicted octanol–water partition coefficient (Wildman–Crippen LogP) is 2.77. The number of hydrogen-bond acceptors (Lipinski definition) is 1. The molecule has 0 aliphatic heterocycles. The Morgan fingerprint density at radius 2 is 2.21 bits per heavy atom. The molecule has 5 heteroatoms. The topological polar surface area (TPSA) is 53.1 Å². The second-order valence-corrected chi connectivity index (χ2v) is 3.60. The van der Waals surface area contributed by atoms with Crippen LogP contribution in [0.1, 0.15) is 10.5 Å². The van der Waals surface area contributed by atoms with Gasteiger partial charge in [0, 0.05) is 5.39 Å². The number of aromatic amines is 1. The minimum absolute atomic E-state index is 0.0330. The zero-order valence-electron chi connectivity index (χ0n) is 6.84. The van der Waals surface area contributed by atoms with Crippen LogP contribution >= 0.6 is 15.9 Å². The van der Waals surface area contributed by atoms with Gasteiger partial charge in [0.2, 0.25) is 0 Å². The summed E-state index contributed by atoms with van der Waals surface area (Å²) in [5, 5.41) is 9.44. The predicted molar refractivity (Wildman–Crippen MR) is 52.9 cm³/mol. The Bertz CT molecular complexity index is 521. The molecule has 0 fully saturated rings. The Balaban J connectivity index is 2.79. The SMILES string of the molecule is O=C(O)c1[nH]c2cc(F)ccc2c1Br. The number of fused-ring (bicyclic) bond motifs is 1. The van der Waals surface area contributed by atoms with E-state index in [1.165, 1.54) is 18.2 Å². The van der Waals surface area contributed by atoms with Crippen LogP contribution in [0, 0.1) is 5.82 Å². The van der Waals surface area contributed by atoms with E-state index in [4.69, 9.17) is 5.11 Å². The fourth-order valence-electron chi connectivity index (χ4n) is 1.28. The first-order chi connectivity index (χ1) is 6.59. The molecular formula is C9H5BrFNO2. The number of halogens is 2. The first-order valence-electron chi connectivity index (χ1n) is 3.79. The molecule has 72 valence electrons. The van der Waals surface area contributed by atoms with E-state index in [1.807, 2.05) is 0 Å². The number of aromatic nitrogens is 1. The number of aromatic carboxylic acids is 1. The number of carboxylic acid groups (broad SMARTS) is 1. The van der Waals surface area contributed by atoms with Gasteiger partial charge in [-0.05, 0) is 34.1 Å². The van der Waals surface area contributed by atoms with Crippen molar-refractivity contribution in [2.75, 3.05) is 0 Å². The van der Waals surface area contributed by atoms with Gasteiger partial charge in [0.05, 0.1) is 9.99 Å². The van der Waals surface area contributed by atoms with Gasteiger partial charge >= 0.3 is 5.97 Å². The zero-order chi connectivity index (χ0) is 10.3. The minimum Gasteiger partial charge on any atom is -0.477 e. The van der Waals surface area contributed by atoms with E-state index in [0.29, 0.717) is 15.4 Å². The lowest BCUT2D eigenvalue weighted by molar-refractivity contribution is 0.0690. The number of nitrogens with one attached hydrogen (secondary N) is 1. The summed E-state index contributed by atoms with van der Waals surface area (Å²) in [6.45, 7) is 0. The summed E-state index contributed by atoms with van der Waals surface area (Å²) in [5.41, 5.74) is 0.500. The van der Waals surface area contributed by atoms with Crippen LogP contribution in [-0.2, 0) is 0 Å². The molecule has 0 bridgehead atoms. The highest BCUT2D eigenvalue weighted by atomic mass is 79.9. The van der Waals surface area contributed by atoms with Crippen molar-refractivity contribution in [3.8, 4) is 0 Å². The van der Waals surface area contributed by atoms with Gasteiger partial charge in [-0.25, -0.2) is 9.18 Å². The minimum atomic E-state index is -1.08. The Morgan fingerprint density at radius 1 is 1.50 bits per heavy atom. The maximum atomic E-state index is 12.8. The molecule has 0 aliphatic carbocycles. The van der Waals surface area contributed by atoms with E-state index in [9.17, 15) is 9.18 Å². The monoisotopic (exact) mass is 257 g/mol. The van der Waals surface area contributed by atoms with E-state index in [1.54, 1.807) is 0 Å². The first kappa shape index (κ1) is 9.21. The van der Waals surface area contributed by atoms with Crippen LogP contribution < -0.4 is 0 Å². The lowest BCUT2D eigenvalue weighted by Gasteiger charge is -1.89. The molecule has 0 aliphatic rings. The third-order valence-corrected chi connectivity index (χ3v) is 2.73. The molecule has 0 spiro atoms. The molecule has 1 aromatic heterocycles. The molecule has 0 amide bonds. The van der Waals surface area contributed by atoms with Gasteiger partial charge in [-0.15, -0.1) is 0 Å². The highest BCUT2D eigenvalue weighted by Crippen LogP contribution is 2.28. The molecule has 1 aromatic carbocycles. The van der Waals surface area contributed by atoms with Gasteiger partial charge in [0.25, 0.3) is 0 Å². The van der Waals surface area contributed by atoms with Crippen molar-refractivity contribution in [3.05, 3.63) is 34.2 Å². The molecule has 0 radical (unpaired) electrons. The summed E-state index contributed by atoms with van der Waals surface area (Å²) in [7, 11) is 0. The zero-order valence-corrected chi connectivity index (χ0v) is 8.43. The average Bonchev–Trinajstić information content (AvgIpc) is 2.43. The van der Waals surface area contributed by atoms with Crippen molar-refractivity contribution in [1.29, 1.82) is 0 Å². The number of carboxylic acids is 1. The van der Waals surface area contributed by atoms with Crippen LogP contribution in [0.25, 0.3) is 10.9 Å². The van der Waals surface area contributed by atoms with E-state index >= 15 is 0 Å². The lowest BCUT2D eigenvalue weighted by Crippen LogP contribution is -1.96. The number of hydrogen-bond donors (Lipinski definition) is 2. The maximum absolute atomic E-state index is 12.8. The van der Waals surface area contributed by atoms with Gasteiger partial charge < -0.3 is 10.1 Å². The molecule has 1 heterocycles. The summed E-state index contributed by atoms with van der Waals surface area (Å²) in [5.74, 6) is -1.48. The van der Waals surface area contributed by atoms with Crippen molar-refractivity contribution in [3.63, 3.8) is 0 Å². The third-order valence-electron chi connectivity index (χ3n) is 1.91. The second kappa shape index (κ2) is 3.09. The van der Waals surface area contributed by atoms with E-state index in [2.05, 4.69) is 20.9 Å². The molecule has 0 saturated heterocycles. The molecular weight excluding hydrogens is 253 g/mol. The normalized spacial score (nSPS) is 10.7. The van der Waals surface area contributed by atoms with Gasteiger partial charge in [-0.1, -0.05) is 0 Å². The smallest absolute Gasteiger partial charge is 0.353 e. The molecule has 0 unspecified atom stereocenters. The number of H-pyrrole nitrogens is 1. The Hall–Kier alpha value is -1.36. The Morgan fingerprint density at radius 3 is 2.86 bits per heavy atom. The van der Waals surface area contributed by atoms with Crippen molar-refractivity contribution in [1.82, 2.24) is 4.98 Å². The summed E-state index contributed by atoms with van der Waals surface area (Å²) >= 11 is 3.14. The van der Waals surface area contributed by atoms with Crippen molar-refractivity contribution < 1.29 is 14.3 Å². The van der Waals surface area contributed by atoms with Gasteiger partial charge in [0.1, 0.15) is 11.5 Å². The molecule has 0 saturated carbocycles. The number of benzene rings is 1. The number of carbonyl (C=O) groups is 1. The fourth-order valence-corrected chi connectivity index (χ4v) is 1.90. The van der Waals surface area contributed by atoms with Crippen LogP contribution in [0.2, 0.25) is 0 Å². The van der Waals surface area contributed by atoms with Gasteiger partial charge in [-0.3, -0.25) is 0 Å². The standard InChI is InChI=1S/C9H5BrFNO2/c10-7-5-2-1-4(11)3-6(5)12-8(7)9(13)14/h1-3,12H,(H,13,14). The average molecular weight is 258 g/mol. The maximum Gasteiger partial charge on any atom is 0.353 e. The summed E-state index contributed by atoms with van der Waals surface area (Å²) in [6.07, 6.45) is 0. The van der Waals surface area contributed by atoms with Gasteiger partial charge in [0.15, 0.2) is 0 Å². The first-order valence-corrected chi connectivity index (χ1v) is 4.59. The molecule has 14 heavy (non-hydrogen) atoms. The molecule has 0 atom stereocenters. The molecule has 2 aromatic rings. The largest absolute Gasteiger partial charge is 0.477 e. The van der Waals surface area contributed by atoms with Crippen LogP contribution in [0.5, 0.6) is 0 Å². The van der Waals surface area contributed by atoms with E-state index < -0.39 is 11.8 Å². The Kier molecular flexibility index (Phi) is 2.03. The summed E-state index contributed by atoms with van der Waals surface area (Å²) in [4.78, 5) is 13.3. The summed E-state index contributed by atoms with van der Waals surface area (Å²) < 4.78 is 13.2. The molecule has 2 rings (SSSR count). The Labute approximate surface area is 86.7 Å². The van der Waals surface area contributed by atoms with E-state index in [-0.39, 0.29) is 5.69 Å². The van der Waals surface area contributed by atoms with Crippen molar-refractivity contribution in [2.45, 2.75) is 0 Å². The van der Waals surface area contributed by atoms with Crippen LogP contribution in [-0.4, -0.2) is 16.1 Å². The van der Waals surface area contributed by atoms with E-state index in [0.717, 1.165) is 0 Å². The third kappa shape index (κ3) is 1.29. The van der Waals surface area contributed by atoms with Crippen molar-refractivity contribution in [2.24, 2.45) is 0 Å². The number of rotatable bonds is 1. The molecule has 2 N–H and O–H groups in total. The highest BCUT2D eigenvalue weighted by Gasteiger charge is 2.14. The highest BCUT2D eigenvalue weighted by molar-refractivity contribution is 9.10.